The number of carbonyl (C=O) groups excluding carboxylic acids is 2. The molecule has 2 aromatic carbocycles. The molecule has 7 nitrogen and oxygen atoms in total. The van der Waals surface area contributed by atoms with E-state index in [9.17, 15) is 19.2 Å². The molecule has 40 heavy (non-hydrogen) atoms. The number of pyridine rings is 1. The Kier molecular flexibility index (Phi) is 7.74. The summed E-state index contributed by atoms with van der Waals surface area (Å²) in [6, 6.07) is 15.0. The van der Waals surface area contributed by atoms with Gasteiger partial charge in [-0.1, -0.05) is 42.5 Å². The van der Waals surface area contributed by atoms with Crippen LogP contribution in [0.3, 0.4) is 0 Å². The molecule has 1 aliphatic carbocycles. The Morgan fingerprint density at radius 3 is 2.77 bits per heavy atom. The maximum absolute atomic E-state index is 13.3. The Morgan fingerprint density at radius 2 is 2.02 bits per heavy atom. The number of hydrogen-bond donors (Lipinski definition) is 2. The molecule has 3 aromatic rings. The third-order valence-corrected chi connectivity index (χ3v) is 6.75. The number of anilines is 1. The molecule has 0 saturated carbocycles. The Balaban J connectivity index is 1.25. The van der Waals surface area contributed by atoms with Crippen LogP contribution in [-0.2, 0) is 11.2 Å². The SMILES string of the molecule is C[C@H](NC(=O)c1cc(C#N)cnc1NC/C=C/c1ccc2c(c1)CC(=O)/C2=C\C1=CN=CC1)c1ccc(F)cc1. The first-order chi connectivity index (χ1) is 19.4. The van der Waals surface area contributed by atoms with Gasteiger partial charge in [0.05, 0.1) is 17.2 Å². The van der Waals surface area contributed by atoms with Gasteiger partial charge in [0.15, 0.2) is 5.78 Å². The largest absolute Gasteiger partial charge is 0.366 e. The Morgan fingerprint density at radius 1 is 1.20 bits per heavy atom. The number of nitriles is 1. The number of amides is 1. The third-order valence-electron chi connectivity index (χ3n) is 6.75. The number of aliphatic imine (C=N–C) groups is 1. The van der Waals surface area contributed by atoms with E-state index in [0.29, 0.717) is 18.8 Å². The smallest absolute Gasteiger partial charge is 0.255 e. The average molecular weight is 532 g/mol. The monoisotopic (exact) mass is 531 g/mol. The Labute approximate surface area is 231 Å². The van der Waals surface area contributed by atoms with Crippen LogP contribution in [0.15, 0.2) is 83.6 Å². The summed E-state index contributed by atoms with van der Waals surface area (Å²) in [6.07, 6.45) is 11.9. The third kappa shape index (κ3) is 5.94. The van der Waals surface area contributed by atoms with E-state index in [0.717, 1.165) is 39.8 Å². The van der Waals surface area contributed by atoms with Crippen LogP contribution < -0.4 is 10.6 Å². The van der Waals surface area contributed by atoms with Gasteiger partial charge in [0, 0.05) is 43.6 Å². The van der Waals surface area contributed by atoms with E-state index in [1.54, 1.807) is 25.3 Å². The molecule has 1 atom stereocenters. The lowest BCUT2D eigenvalue weighted by Gasteiger charge is -2.16. The molecule has 0 unspecified atom stereocenters. The van der Waals surface area contributed by atoms with Crippen LogP contribution in [-0.4, -0.2) is 29.4 Å². The highest BCUT2D eigenvalue weighted by molar-refractivity contribution is 6.26. The van der Waals surface area contributed by atoms with Gasteiger partial charge >= 0.3 is 0 Å². The standard InChI is InChI=1S/C32H26FN5O2/c1-20(24-5-7-26(33)8-6-24)38-32(40)29-15-23(17-34)19-37-31(29)36-11-2-3-21-4-9-27-25(13-21)16-30(39)28(27)14-22-10-12-35-18-22/h2-9,12-15,18-20H,10-11,16H2,1H3,(H,36,37)(H,38,40)/b3-2+,28-14-/t20-/m0/s1. The molecule has 0 bridgehead atoms. The number of rotatable bonds is 8. The minimum Gasteiger partial charge on any atom is -0.366 e. The summed E-state index contributed by atoms with van der Waals surface area (Å²) in [7, 11) is 0. The van der Waals surface area contributed by atoms with Gasteiger partial charge in [-0.25, -0.2) is 9.37 Å². The van der Waals surface area contributed by atoms with E-state index in [4.69, 9.17) is 0 Å². The summed E-state index contributed by atoms with van der Waals surface area (Å²) < 4.78 is 13.3. The van der Waals surface area contributed by atoms with Crippen molar-refractivity contribution in [2.24, 2.45) is 4.99 Å². The molecule has 1 amide bonds. The number of ketones is 1. The lowest BCUT2D eigenvalue weighted by molar-refractivity contribution is -0.112. The maximum atomic E-state index is 13.3. The molecule has 2 aliphatic rings. The zero-order valence-electron chi connectivity index (χ0n) is 21.8. The number of hydrogen-bond acceptors (Lipinski definition) is 6. The van der Waals surface area contributed by atoms with Crippen molar-refractivity contribution in [1.82, 2.24) is 10.3 Å². The fourth-order valence-electron chi connectivity index (χ4n) is 4.64. The first-order valence-electron chi connectivity index (χ1n) is 12.9. The van der Waals surface area contributed by atoms with Gasteiger partial charge in [-0.3, -0.25) is 14.6 Å². The van der Waals surface area contributed by atoms with Gasteiger partial charge in [0.1, 0.15) is 17.7 Å². The lowest BCUT2D eigenvalue weighted by atomic mass is 10.0. The summed E-state index contributed by atoms with van der Waals surface area (Å²) >= 11 is 0. The van der Waals surface area contributed by atoms with Gasteiger partial charge in [-0.05, 0) is 59.0 Å². The molecule has 8 heteroatoms. The summed E-state index contributed by atoms with van der Waals surface area (Å²) in [5, 5.41) is 15.3. The van der Waals surface area contributed by atoms with Crippen molar-refractivity contribution in [2.75, 3.05) is 11.9 Å². The number of allylic oxidation sites excluding steroid dienone is 3. The highest BCUT2D eigenvalue weighted by Crippen LogP contribution is 2.32. The van der Waals surface area contributed by atoms with Gasteiger partial charge in [0.2, 0.25) is 0 Å². The summed E-state index contributed by atoms with van der Waals surface area (Å²) in [5.74, 6) is -0.306. The fraction of sp³-hybridized carbons (Fsp3) is 0.156. The molecule has 1 aromatic heterocycles. The number of aromatic nitrogens is 1. The quantitative estimate of drug-likeness (QED) is 0.369. The zero-order chi connectivity index (χ0) is 28.1. The Hall–Kier alpha value is -5.16. The van der Waals surface area contributed by atoms with Crippen LogP contribution >= 0.6 is 0 Å². The van der Waals surface area contributed by atoms with E-state index in [1.807, 2.05) is 48.7 Å². The van der Waals surface area contributed by atoms with Crippen LogP contribution in [0.2, 0.25) is 0 Å². The second-order valence-electron chi connectivity index (χ2n) is 9.58. The molecule has 0 spiro atoms. The summed E-state index contributed by atoms with van der Waals surface area (Å²) in [6.45, 7) is 2.17. The first-order valence-corrected chi connectivity index (χ1v) is 12.9. The molecule has 2 N–H and O–H groups in total. The van der Waals surface area contributed by atoms with Crippen molar-refractivity contribution in [3.63, 3.8) is 0 Å². The van der Waals surface area contributed by atoms with Crippen molar-refractivity contribution in [2.45, 2.75) is 25.8 Å². The van der Waals surface area contributed by atoms with Gasteiger partial charge in [-0.15, -0.1) is 0 Å². The van der Waals surface area contributed by atoms with E-state index in [2.05, 4.69) is 20.6 Å². The van der Waals surface area contributed by atoms with Crippen LogP contribution in [0.5, 0.6) is 0 Å². The second kappa shape index (κ2) is 11.7. The average Bonchev–Trinajstić information content (AvgIpc) is 3.58. The van der Waals surface area contributed by atoms with Gasteiger partial charge in [0.25, 0.3) is 5.91 Å². The number of fused-ring (bicyclic) bond motifs is 1. The molecule has 198 valence electrons. The van der Waals surface area contributed by atoms with E-state index < -0.39 is 5.91 Å². The van der Waals surface area contributed by atoms with E-state index >= 15 is 0 Å². The zero-order valence-corrected chi connectivity index (χ0v) is 21.8. The van der Waals surface area contributed by atoms with Crippen molar-refractivity contribution in [1.29, 1.82) is 5.26 Å². The minimum absolute atomic E-state index is 0.108. The predicted octanol–water partition coefficient (Wildman–Crippen LogP) is 5.58. The number of Topliss-reactive ketones (excluding diaryl/α,β-unsaturated/α-hetero) is 1. The number of benzene rings is 2. The van der Waals surface area contributed by atoms with E-state index in [-0.39, 0.29) is 28.8 Å². The minimum atomic E-state index is -0.403. The van der Waals surface area contributed by atoms with Gasteiger partial charge in [-0.2, -0.15) is 5.26 Å². The molecular formula is C32H26FN5O2. The molecule has 0 radical (unpaired) electrons. The number of halogens is 1. The Bertz CT molecular complexity index is 1640. The molecule has 0 fully saturated rings. The van der Waals surface area contributed by atoms with Crippen molar-refractivity contribution < 1.29 is 14.0 Å². The van der Waals surface area contributed by atoms with Crippen LogP contribution in [0.1, 0.15) is 57.6 Å². The number of nitrogens with zero attached hydrogens (tertiary/aromatic N) is 3. The normalized spacial score (nSPS) is 15.7. The highest BCUT2D eigenvalue weighted by atomic mass is 19.1. The molecular weight excluding hydrogens is 505 g/mol. The van der Waals surface area contributed by atoms with E-state index in [1.165, 1.54) is 24.4 Å². The molecule has 5 rings (SSSR count). The second-order valence-corrected chi connectivity index (χ2v) is 9.58. The fourth-order valence-corrected chi connectivity index (χ4v) is 4.64. The maximum Gasteiger partial charge on any atom is 0.255 e. The van der Waals surface area contributed by atoms with Crippen LogP contribution in [0.25, 0.3) is 11.6 Å². The number of carbonyl (C=O) groups is 2. The topological polar surface area (TPSA) is 107 Å². The summed E-state index contributed by atoms with van der Waals surface area (Å²) in [5.41, 5.74) is 5.92. The van der Waals surface area contributed by atoms with Crippen molar-refractivity contribution >= 4 is 35.4 Å². The molecule has 1 aliphatic heterocycles. The lowest BCUT2D eigenvalue weighted by Crippen LogP contribution is -2.28. The van der Waals surface area contributed by atoms with Crippen molar-refractivity contribution in [3.05, 3.63) is 118 Å². The number of nitrogens with one attached hydrogen (secondary N) is 2. The summed E-state index contributed by atoms with van der Waals surface area (Å²) in [4.78, 5) is 34.1. The molecule has 2 heterocycles. The predicted molar refractivity (Wildman–Crippen MR) is 153 cm³/mol. The van der Waals surface area contributed by atoms with Crippen LogP contribution in [0.4, 0.5) is 10.2 Å². The first kappa shape index (κ1) is 26.4. The van der Waals surface area contributed by atoms with Crippen LogP contribution in [0, 0.1) is 17.1 Å². The van der Waals surface area contributed by atoms with Crippen molar-refractivity contribution in [3.8, 4) is 6.07 Å². The highest BCUT2D eigenvalue weighted by Gasteiger charge is 2.25. The van der Waals surface area contributed by atoms with Gasteiger partial charge < -0.3 is 10.6 Å². The molecule has 0 saturated heterocycles.